The predicted octanol–water partition coefficient (Wildman–Crippen LogP) is 2.71. The van der Waals surface area contributed by atoms with Crippen LogP contribution in [0.2, 0.25) is 0 Å². The molecule has 2 atom stereocenters. The number of aliphatic hydroxyl groups is 1. The highest BCUT2D eigenvalue weighted by Gasteiger charge is 2.46. The number of pyridine rings is 1. The summed E-state index contributed by atoms with van der Waals surface area (Å²) in [6, 6.07) is 10.5. The van der Waals surface area contributed by atoms with Crippen molar-refractivity contribution in [2.75, 3.05) is 38.4 Å². The molecule has 1 aromatic heterocycles. The maximum absolute atomic E-state index is 15.3. The number of carbonyl (C=O) groups excluding carboxylic acids is 2. The number of ether oxygens (including phenoxy) is 4. The fourth-order valence-electron chi connectivity index (χ4n) is 5.34. The van der Waals surface area contributed by atoms with E-state index in [2.05, 4.69) is 4.74 Å². The molecule has 6 rings (SSSR count). The Bertz CT molecular complexity index is 1580. The minimum absolute atomic E-state index is 0.106. The monoisotopic (exact) mass is 587 g/mol. The van der Waals surface area contributed by atoms with Gasteiger partial charge in [-0.1, -0.05) is 24.3 Å². The zero-order valence-corrected chi connectivity index (χ0v) is 22.1. The maximum atomic E-state index is 15.3. The third-order valence-corrected chi connectivity index (χ3v) is 8.21. The van der Waals surface area contributed by atoms with Gasteiger partial charge in [0.2, 0.25) is 18.0 Å². The molecule has 3 aromatic rings. The van der Waals surface area contributed by atoms with E-state index in [1.807, 2.05) is 24.3 Å². The number of hydrogen-bond donors (Lipinski definition) is 1. The molecule has 3 aliphatic heterocycles. The summed E-state index contributed by atoms with van der Waals surface area (Å²) in [5.41, 5.74) is 0.660. The van der Waals surface area contributed by atoms with Crippen molar-refractivity contribution in [1.82, 2.24) is 9.58 Å². The Morgan fingerprint density at radius 2 is 1.93 bits per heavy atom. The lowest BCUT2D eigenvalue weighted by molar-refractivity contribution is -0.0344. The molecule has 0 unspecified atom stereocenters. The SMILES string of the molecule is O=C(OCO)OCOc1c2n(ccc1=O)N([C@@H]1c3ccccc3SCc3c1ccc(F)c3F)[C@@H]1COCCN1C2=O. The van der Waals surface area contributed by atoms with Crippen LogP contribution in [0.15, 0.2) is 58.4 Å². The van der Waals surface area contributed by atoms with E-state index >= 15 is 4.39 Å². The van der Waals surface area contributed by atoms with Gasteiger partial charge in [0.15, 0.2) is 24.1 Å². The number of amides is 1. The highest BCUT2D eigenvalue weighted by molar-refractivity contribution is 7.98. The smallest absolute Gasteiger partial charge is 0.451 e. The van der Waals surface area contributed by atoms with Crippen LogP contribution in [-0.2, 0) is 20.0 Å². The number of thioether (sulfide) groups is 1. The second-order valence-corrected chi connectivity index (χ2v) is 10.2. The molecule has 41 heavy (non-hydrogen) atoms. The van der Waals surface area contributed by atoms with Crippen LogP contribution in [0.25, 0.3) is 0 Å². The number of carbonyl (C=O) groups is 2. The lowest BCUT2D eigenvalue weighted by Crippen LogP contribution is -2.66. The lowest BCUT2D eigenvalue weighted by atomic mass is 9.93. The van der Waals surface area contributed by atoms with Crippen molar-refractivity contribution in [1.29, 1.82) is 0 Å². The molecule has 1 N–H and O–H groups in total. The van der Waals surface area contributed by atoms with Gasteiger partial charge < -0.3 is 29.0 Å². The van der Waals surface area contributed by atoms with Crippen molar-refractivity contribution in [3.63, 3.8) is 0 Å². The third kappa shape index (κ3) is 4.67. The number of fused-ring (bicyclic) bond motifs is 4. The maximum Gasteiger partial charge on any atom is 0.513 e. The number of hydrogen-bond acceptors (Lipinski definition) is 10. The van der Waals surface area contributed by atoms with Crippen LogP contribution in [0.1, 0.15) is 33.2 Å². The van der Waals surface area contributed by atoms with E-state index in [-0.39, 0.29) is 42.5 Å². The van der Waals surface area contributed by atoms with E-state index in [9.17, 15) is 18.8 Å². The van der Waals surface area contributed by atoms with Gasteiger partial charge in [0.05, 0.1) is 19.3 Å². The molecule has 0 bridgehead atoms. The number of rotatable bonds is 5. The molecule has 0 aliphatic carbocycles. The molecule has 2 aromatic carbocycles. The predicted molar refractivity (Wildman–Crippen MR) is 139 cm³/mol. The zero-order chi connectivity index (χ0) is 28.7. The first-order valence-corrected chi connectivity index (χ1v) is 13.5. The molecule has 1 fully saturated rings. The molecule has 14 heteroatoms. The van der Waals surface area contributed by atoms with E-state index < -0.39 is 54.9 Å². The van der Waals surface area contributed by atoms with Crippen molar-refractivity contribution < 1.29 is 42.4 Å². The van der Waals surface area contributed by atoms with Crippen molar-refractivity contribution in [2.24, 2.45) is 0 Å². The summed E-state index contributed by atoms with van der Waals surface area (Å²) in [7, 11) is 0. The molecule has 0 spiro atoms. The highest BCUT2D eigenvalue weighted by Crippen LogP contribution is 2.45. The molecule has 11 nitrogen and oxygen atoms in total. The minimum atomic E-state index is -1.24. The molecule has 0 saturated carbocycles. The molecule has 0 radical (unpaired) electrons. The average Bonchev–Trinajstić information content (AvgIpc) is 3.14. The van der Waals surface area contributed by atoms with E-state index in [1.54, 1.807) is 5.01 Å². The second kappa shape index (κ2) is 11.0. The van der Waals surface area contributed by atoms with Gasteiger partial charge in [-0.05, 0) is 23.3 Å². The second-order valence-electron chi connectivity index (χ2n) is 9.22. The summed E-state index contributed by atoms with van der Waals surface area (Å²) in [6.45, 7) is -1.15. The van der Waals surface area contributed by atoms with Crippen LogP contribution >= 0.6 is 11.8 Å². The fraction of sp³-hybridized carbons (Fsp3) is 0.296. The third-order valence-electron chi connectivity index (χ3n) is 7.10. The van der Waals surface area contributed by atoms with Crippen LogP contribution < -0.4 is 15.2 Å². The summed E-state index contributed by atoms with van der Waals surface area (Å²) in [5.74, 6) is -2.65. The first-order valence-electron chi connectivity index (χ1n) is 12.6. The summed E-state index contributed by atoms with van der Waals surface area (Å²) < 4.78 is 51.4. The quantitative estimate of drug-likeness (QED) is 0.353. The molecular formula is C27H23F2N3O8S. The van der Waals surface area contributed by atoms with Crippen LogP contribution in [0.4, 0.5) is 13.6 Å². The first-order chi connectivity index (χ1) is 19.9. The van der Waals surface area contributed by atoms with E-state index in [0.29, 0.717) is 5.56 Å². The number of aromatic nitrogens is 1. The Labute approximate surface area is 235 Å². The van der Waals surface area contributed by atoms with E-state index in [0.717, 1.165) is 16.5 Å². The van der Waals surface area contributed by atoms with Crippen molar-refractivity contribution >= 4 is 23.8 Å². The van der Waals surface area contributed by atoms with Crippen LogP contribution in [-0.4, -0.2) is 66.3 Å². The van der Waals surface area contributed by atoms with E-state index in [4.69, 9.17) is 19.3 Å². The van der Waals surface area contributed by atoms with Gasteiger partial charge in [-0.15, -0.1) is 11.8 Å². The Balaban J connectivity index is 1.54. The Kier molecular flexibility index (Phi) is 7.28. The van der Waals surface area contributed by atoms with Crippen LogP contribution in [0, 0.1) is 11.6 Å². The fourth-order valence-corrected chi connectivity index (χ4v) is 6.46. The number of nitrogens with zero attached hydrogens (tertiary/aromatic N) is 3. The number of aliphatic hydroxyl groups excluding tert-OH is 1. The molecule has 1 saturated heterocycles. The Hall–Kier alpha value is -4.14. The minimum Gasteiger partial charge on any atom is -0.451 e. The summed E-state index contributed by atoms with van der Waals surface area (Å²) in [4.78, 5) is 40.7. The van der Waals surface area contributed by atoms with Gasteiger partial charge in [-0.25, -0.2) is 13.6 Å². The van der Waals surface area contributed by atoms with Gasteiger partial charge in [-0.2, -0.15) is 0 Å². The van der Waals surface area contributed by atoms with Gasteiger partial charge in [-0.3, -0.25) is 19.3 Å². The molecule has 4 heterocycles. The molecule has 3 aliphatic rings. The number of morpholine rings is 1. The van der Waals surface area contributed by atoms with Gasteiger partial charge in [0.25, 0.3) is 5.91 Å². The van der Waals surface area contributed by atoms with Crippen molar-refractivity contribution in [3.05, 3.63) is 92.9 Å². The standard InChI is InChI=1S/C27H23F2N3O8S/c28-18-6-5-15-17(22(18)29)12-41-20-4-2-1-3-16(20)23(15)32-21-11-37-10-9-30(21)26(35)24-25(19(34)7-8-31(24)32)39-14-40-27(36)38-13-33/h1-8,21,23,33H,9-14H2/t21-,23+/m1/s1. The molecule has 1 amide bonds. The normalized spacial score (nSPS) is 19.3. The Morgan fingerprint density at radius 1 is 1.10 bits per heavy atom. The largest absolute Gasteiger partial charge is 0.513 e. The van der Waals surface area contributed by atoms with Crippen LogP contribution in [0.3, 0.4) is 0 Å². The highest BCUT2D eigenvalue weighted by atomic mass is 32.2. The number of halogens is 2. The summed E-state index contributed by atoms with van der Waals surface area (Å²) in [6.07, 6.45) is -0.510. The first kappa shape index (κ1) is 27.1. The topological polar surface area (TPSA) is 120 Å². The van der Waals surface area contributed by atoms with Gasteiger partial charge in [0, 0.05) is 35.0 Å². The van der Waals surface area contributed by atoms with E-state index in [1.165, 1.54) is 39.7 Å². The molecular weight excluding hydrogens is 564 g/mol. The lowest BCUT2D eigenvalue weighted by Gasteiger charge is -2.51. The average molecular weight is 588 g/mol. The number of benzene rings is 2. The van der Waals surface area contributed by atoms with Gasteiger partial charge >= 0.3 is 6.16 Å². The Morgan fingerprint density at radius 3 is 2.76 bits per heavy atom. The summed E-state index contributed by atoms with van der Waals surface area (Å²) >= 11 is 1.37. The molecule has 214 valence electrons. The zero-order valence-electron chi connectivity index (χ0n) is 21.3. The van der Waals surface area contributed by atoms with Crippen molar-refractivity contribution in [2.45, 2.75) is 22.9 Å². The van der Waals surface area contributed by atoms with Crippen molar-refractivity contribution in [3.8, 4) is 5.75 Å². The van der Waals surface area contributed by atoms with Crippen LogP contribution in [0.5, 0.6) is 5.75 Å². The summed E-state index contributed by atoms with van der Waals surface area (Å²) in [5, 5.41) is 10.5. The van der Waals surface area contributed by atoms with Gasteiger partial charge in [0.1, 0.15) is 6.17 Å².